The molecule has 27 heavy (non-hydrogen) atoms. The van der Waals surface area contributed by atoms with Crippen molar-refractivity contribution in [3.05, 3.63) is 65.4 Å². The maximum Gasteiger partial charge on any atom is 0.416 e. The minimum absolute atomic E-state index is 0.0810. The van der Waals surface area contributed by atoms with E-state index in [-0.39, 0.29) is 11.3 Å². The highest BCUT2D eigenvalue weighted by atomic mass is 35.5. The van der Waals surface area contributed by atoms with Crippen molar-refractivity contribution in [2.75, 3.05) is 4.90 Å². The minimum atomic E-state index is -0.641. The number of anilines is 1. The van der Waals surface area contributed by atoms with Gasteiger partial charge in [0.05, 0.1) is 11.6 Å². The summed E-state index contributed by atoms with van der Waals surface area (Å²) >= 11 is 6.16. The normalized spacial score (nSPS) is 12.6. The summed E-state index contributed by atoms with van der Waals surface area (Å²) in [4.78, 5) is 23.3. The van der Waals surface area contributed by atoms with Gasteiger partial charge in [0.15, 0.2) is 5.82 Å². The van der Waals surface area contributed by atoms with Gasteiger partial charge in [0.2, 0.25) is 5.28 Å². The van der Waals surface area contributed by atoms with Crippen LogP contribution in [0.2, 0.25) is 5.28 Å². The van der Waals surface area contributed by atoms with Crippen molar-refractivity contribution in [3.8, 4) is 0 Å². The Labute approximate surface area is 164 Å². The Balaban J connectivity index is 2.17. The van der Waals surface area contributed by atoms with E-state index >= 15 is 0 Å². The first-order valence-corrected chi connectivity index (χ1v) is 9.13. The van der Waals surface area contributed by atoms with Gasteiger partial charge >= 0.3 is 6.09 Å². The highest BCUT2D eigenvalue weighted by molar-refractivity contribution is 6.29. The van der Waals surface area contributed by atoms with Gasteiger partial charge in [-0.25, -0.2) is 9.78 Å². The highest BCUT2D eigenvalue weighted by Gasteiger charge is 2.31. The molecule has 0 N–H and O–H groups in total. The topological polar surface area (TPSA) is 55.3 Å². The van der Waals surface area contributed by atoms with Crippen molar-refractivity contribution in [2.45, 2.75) is 39.3 Å². The number of aromatic nitrogens is 2. The second-order valence-electron chi connectivity index (χ2n) is 7.27. The molecule has 0 bridgehead atoms. The van der Waals surface area contributed by atoms with E-state index in [1.807, 2.05) is 82.3 Å². The average molecular weight is 384 g/mol. The second kappa shape index (κ2) is 7.53. The first kappa shape index (κ1) is 19.1. The lowest BCUT2D eigenvalue weighted by atomic mass is 10.1. The SMILES string of the molecule is CC(c1ccccc1)N(C(=O)OC(C)(C)C)c1nc(Cl)nc2ccccc12. The number of amides is 1. The summed E-state index contributed by atoms with van der Waals surface area (Å²) in [6.45, 7) is 7.44. The average Bonchev–Trinajstić information content (AvgIpc) is 2.61. The number of para-hydroxylation sites is 1. The summed E-state index contributed by atoms with van der Waals surface area (Å²) < 4.78 is 5.67. The zero-order valence-electron chi connectivity index (χ0n) is 15.8. The fourth-order valence-electron chi connectivity index (χ4n) is 2.84. The van der Waals surface area contributed by atoms with Crippen LogP contribution >= 0.6 is 11.6 Å². The highest BCUT2D eigenvalue weighted by Crippen LogP contribution is 2.33. The van der Waals surface area contributed by atoms with Crippen LogP contribution < -0.4 is 4.90 Å². The molecular weight excluding hydrogens is 362 g/mol. The van der Waals surface area contributed by atoms with E-state index in [9.17, 15) is 4.79 Å². The molecule has 5 nitrogen and oxygen atoms in total. The first-order chi connectivity index (χ1) is 12.8. The summed E-state index contributed by atoms with van der Waals surface area (Å²) in [5.74, 6) is 0.427. The van der Waals surface area contributed by atoms with Gasteiger partial charge in [-0.1, -0.05) is 42.5 Å². The molecule has 0 aliphatic heterocycles. The Morgan fingerprint density at radius 3 is 2.33 bits per heavy atom. The number of rotatable bonds is 3. The van der Waals surface area contributed by atoms with Crippen LogP contribution in [0.3, 0.4) is 0 Å². The zero-order chi connectivity index (χ0) is 19.6. The third kappa shape index (κ3) is 4.37. The number of carbonyl (C=O) groups excluding carboxylic acids is 1. The number of halogens is 1. The van der Waals surface area contributed by atoms with Crippen LogP contribution in [0.15, 0.2) is 54.6 Å². The number of hydrogen-bond acceptors (Lipinski definition) is 4. The molecule has 0 saturated heterocycles. The standard InChI is InChI=1S/C21H22ClN3O2/c1-14(15-10-6-5-7-11-15)25(20(26)27-21(2,3)4)18-16-12-8-9-13-17(16)23-19(22)24-18/h5-14H,1-4H3. The molecule has 6 heteroatoms. The Morgan fingerprint density at radius 2 is 1.67 bits per heavy atom. The van der Waals surface area contributed by atoms with E-state index in [1.54, 1.807) is 0 Å². The van der Waals surface area contributed by atoms with Gasteiger partial charge in [-0.3, -0.25) is 4.90 Å². The van der Waals surface area contributed by atoms with Gasteiger partial charge in [0, 0.05) is 5.39 Å². The van der Waals surface area contributed by atoms with Gasteiger partial charge in [0.25, 0.3) is 0 Å². The number of hydrogen-bond donors (Lipinski definition) is 0. The fourth-order valence-corrected chi connectivity index (χ4v) is 3.01. The van der Waals surface area contributed by atoms with Crippen molar-refractivity contribution in [1.82, 2.24) is 9.97 Å². The number of ether oxygens (including phenoxy) is 1. The monoisotopic (exact) mass is 383 g/mol. The van der Waals surface area contributed by atoms with Gasteiger partial charge in [0.1, 0.15) is 5.60 Å². The molecule has 140 valence electrons. The molecule has 1 aromatic heterocycles. The molecule has 0 spiro atoms. The van der Waals surface area contributed by atoms with Gasteiger partial charge < -0.3 is 4.74 Å². The van der Waals surface area contributed by atoms with E-state index < -0.39 is 11.7 Å². The van der Waals surface area contributed by atoms with Crippen LogP contribution in [-0.4, -0.2) is 21.7 Å². The predicted octanol–water partition coefficient (Wildman–Crippen LogP) is 5.79. The van der Waals surface area contributed by atoms with Gasteiger partial charge in [-0.2, -0.15) is 4.98 Å². The molecule has 0 aliphatic carbocycles. The third-order valence-electron chi connectivity index (χ3n) is 4.04. The quantitative estimate of drug-likeness (QED) is 0.537. The molecular formula is C21H22ClN3O2. The Bertz CT molecular complexity index is 955. The summed E-state index contributed by atoms with van der Waals surface area (Å²) in [6, 6.07) is 16.9. The maximum absolute atomic E-state index is 13.1. The van der Waals surface area contributed by atoms with Crippen LogP contribution in [0.1, 0.15) is 39.3 Å². The molecule has 0 radical (unpaired) electrons. The molecule has 0 aliphatic rings. The molecule has 1 atom stereocenters. The van der Waals surface area contributed by atoms with E-state index in [0.717, 1.165) is 10.9 Å². The minimum Gasteiger partial charge on any atom is -0.443 e. The van der Waals surface area contributed by atoms with Gasteiger partial charge in [-0.15, -0.1) is 0 Å². The number of nitrogens with zero attached hydrogens (tertiary/aromatic N) is 3. The molecule has 3 aromatic rings. The van der Waals surface area contributed by atoms with Crippen molar-refractivity contribution in [1.29, 1.82) is 0 Å². The van der Waals surface area contributed by atoms with Crippen LogP contribution in [0.25, 0.3) is 10.9 Å². The van der Waals surface area contributed by atoms with Gasteiger partial charge in [-0.05, 0) is 57.0 Å². The smallest absolute Gasteiger partial charge is 0.416 e. The molecule has 1 amide bonds. The van der Waals surface area contributed by atoms with E-state index in [1.165, 1.54) is 4.90 Å². The predicted molar refractivity (Wildman–Crippen MR) is 108 cm³/mol. The lowest BCUT2D eigenvalue weighted by Gasteiger charge is -2.31. The number of fused-ring (bicyclic) bond motifs is 1. The Kier molecular flexibility index (Phi) is 5.33. The summed E-state index contributed by atoms with van der Waals surface area (Å²) in [7, 11) is 0. The van der Waals surface area contributed by atoms with Crippen LogP contribution in [0.5, 0.6) is 0 Å². The van der Waals surface area contributed by atoms with E-state index in [4.69, 9.17) is 16.3 Å². The first-order valence-electron chi connectivity index (χ1n) is 8.76. The lowest BCUT2D eigenvalue weighted by molar-refractivity contribution is 0.0566. The molecule has 2 aromatic carbocycles. The largest absolute Gasteiger partial charge is 0.443 e. The maximum atomic E-state index is 13.1. The lowest BCUT2D eigenvalue weighted by Crippen LogP contribution is -2.39. The van der Waals surface area contributed by atoms with Crippen LogP contribution in [0, 0.1) is 0 Å². The summed E-state index contributed by atoms with van der Waals surface area (Å²) in [6.07, 6.45) is -0.487. The number of benzene rings is 2. The zero-order valence-corrected chi connectivity index (χ0v) is 16.6. The van der Waals surface area contributed by atoms with Crippen molar-refractivity contribution in [2.24, 2.45) is 0 Å². The van der Waals surface area contributed by atoms with Crippen LogP contribution in [0.4, 0.5) is 10.6 Å². The van der Waals surface area contributed by atoms with E-state index in [2.05, 4.69) is 9.97 Å². The molecule has 3 rings (SSSR count). The molecule has 1 unspecified atom stereocenters. The molecule has 0 saturated carbocycles. The van der Waals surface area contributed by atoms with E-state index in [0.29, 0.717) is 11.3 Å². The summed E-state index contributed by atoms with van der Waals surface area (Å²) in [5.41, 5.74) is 0.988. The Hall–Kier alpha value is -2.66. The summed E-state index contributed by atoms with van der Waals surface area (Å²) in [5, 5.41) is 0.813. The molecule has 1 heterocycles. The third-order valence-corrected chi connectivity index (χ3v) is 4.21. The number of carbonyl (C=O) groups is 1. The molecule has 0 fully saturated rings. The Morgan fingerprint density at radius 1 is 1.04 bits per heavy atom. The second-order valence-corrected chi connectivity index (χ2v) is 7.61. The van der Waals surface area contributed by atoms with Crippen LogP contribution in [-0.2, 0) is 4.74 Å². The fraction of sp³-hybridized carbons (Fsp3) is 0.286. The van der Waals surface area contributed by atoms with Crippen molar-refractivity contribution < 1.29 is 9.53 Å². The van der Waals surface area contributed by atoms with Crippen molar-refractivity contribution >= 4 is 34.4 Å². The van der Waals surface area contributed by atoms with Crippen molar-refractivity contribution in [3.63, 3.8) is 0 Å².